The lowest BCUT2D eigenvalue weighted by atomic mass is 10.1. The van der Waals surface area contributed by atoms with E-state index in [0.29, 0.717) is 13.1 Å². The number of anilines is 1. The molecule has 1 N–H and O–H groups in total. The molecule has 5 heteroatoms. The Labute approximate surface area is 190 Å². The molecule has 1 saturated heterocycles. The largest absolute Gasteiger partial charge is 0.457 e. The summed E-state index contributed by atoms with van der Waals surface area (Å²) in [5, 5.41) is 3.04. The van der Waals surface area contributed by atoms with Crippen molar-refractivity contribution in [2.45, 2.75) is 25.8 Å². The van der Waals surface area contributed by atoms with Crippen molar-refractivity contribution in [3.05, 3.63) is 90.5 Å². The fraction of sp³-hybridized carbons (Fsp3) is 0.296. The van der Waals surface area contributed by atoms with Crippen LogP contribution in [0.2, 0.25) is 0 Å². The molecule has 0 atom stereocenters. The fourth-order valence-corrected chi connectivity index (χ4v) is 3.97. The summed E-state index contributed by atoms with van der Waals surface area (Å²) >= 11 is 0. The maximum absolute atomic E-state index is 13.1. The van der Waals surface area contributed by atoms with Gasteiger partial charge >= 0.3 is 6.03 Å². The first-order valence-corrected chi connectivity index (χ1v) is 11.4. The van der Waals surface area contributed by atoms with Crippen LogP contribution in [0.25, 0.3) is 0 Å². The Morgan fingerprint density at radius 1 is 0.844 bits per heavy atom. The number of hydrogen-bond acceptors (Lipinski definition) is 3. The maximum Gasteiger partial charge on any atom is 0.322 e. The molecule has 32 heavy (non-hydrogen) atoms. The monoisotopic (exact) mass is 429 g/mol. The fourth-order valence-electron chi connectivity index (χ4n) is 3.97. The van der Waals surface area contributed by atoms with Crippen LogP contribution in [0.5, 0.6) is 11.5 Å². The third-order valence-electron chi connectivity index (χ3n) is 5.70. The molecule has 0 aromatic heterocycles. The first-order chi connectivity index (χ1) is 15.8. The highest BCUT2D eigenvalue weighted by molar-refractivity contribution is 5.89. The molecule has 5 nitrogen and oxygen atoms in total. The van der Waals surface area contributed by atoms with Crippen LogP contribution in [-0.4, -0.2) is 42.0 Å². The summed E-state index contributed by atoms with van der Waals surface area (Å²) in [5.74, 6) is 1.57. The zero-order valence-electron chi connectivity index (χ0n) is 18.5. The van der Waals surface area contributed by atoms with Crippen molar-refractivity contribution in [3.63, 3.8) is 0 Å². The van der Waals surface area contributed by atoms with Crippen LogP contribution in [0.15, 0.2) is 84.9 Å². The van der Waals surface area contributed by atoms with Crippen LogP contribution in [0.4, 0.5) is 10.5 Å². The molecule has 0 bridgehead atoms. The zero-order valence-corrected chi connectivity index (χ0v) is 18.5. The molecule has 166 valence electrons. The Hall–Kier alpha value is -3.31. The number of nitrogens with zero attached hydrogens (tertiary/aromatic N) is 2. The number of rotatable bonds is 8. The number of carbonyl (C=O) groups is 1. The molecule has 1 fully saturated rings. The van der Waals surface area contributed by atoms with Gasteiger partial charge in [-0.05, 0) is 67.9 Å². The van der Waals surface area contributed by atoms with E-state index >= 15 is 0 Å². The summed E-state index contributed by atoms with van der Waals surface area (Å²) in [7, 11) is 0. The van der Waals surface area contributed by atoms with E-state index in [1.165, 1.54) is 19.3 Å². The van der Waals surface area contributed by atoms with Crippen molar-refractivity contribution in [2.24, 2.45) is 0 Å². The number of amides is 2. The van der Waals surface area contributed by atoms with Crippen molar-refractivity contribution in [1.82, 2.24) is 9.80 Å². The van der Waals surface area contributed by atoms with Crippen LogP contribution >= 0.6 is 0 Å². The van der Waals surface area contributed by atoms with E-state index in [0.717, 1.165) is 42.4 Å². The van der Waals surface area contributed by atoms with Gasteiger partial charge in [-0.1, -0.05) is 55.0 Å². The Morgan fingerprint density at radius 3 is 2.28 bits per heavy atom. The number of ether oxygens (including phenoxy) is 1. The molecule has 3 aromatic rings. The first-order valence-electron chi connectivity index (χ1n) is 11.4. The highest BCUT2D eigenvalue weighted by Crippen LogP contribution is 2.23. The van der Waals surface area contributed by atoms with Crippen molar-refractivity contribution in [1.29, 1.82) is 0 Å². The average molecular weight is 430 g/mol. The van der Waals surface area contributed by atoms with Crippen LogP contribution in [-0.2, 0) is 6.54 Å². The molecule has 4 rings (SSSR count). The van der Waals surface area contributed by atoms with Gasteiger partial charge < -0.3 is 19.9 Å². The minimum absolute atomic E-state index is 0.0809. The molecule has 1 heterocycles. The molecular formula is C27H31N3O2. The summed E-state index contributed by atoms with van der Waals surface area (Å²) in [6, 6.07) is 27.3. The molecule has 1 aliphatic heterocycles. The third-order valence-corrected chi connectivity index (χ3v) is 5.70. The molecule has 2 amide bonds. The Bertz CT molecular complexity index is 972. The highest BCUT2D eigenvalue weighted by Gasteiger charge is 2.17. The second-order valence-corrected chi connectivity index (χ2v) is 8.18. The smallest absolute Gasteiger partial charge is 0.322 e. The van der Waals surface area contributed by atoms with Gasteiger partial charge in [-0.15, -0.1) is 0 Å². The second-order valence-electron chi connectivity index (χ2n) is 8.18. The number of piperidine rings is 1. The van der Waals surface area contributed by atoms with Crippen LogP contribution in [0, 0.1) is 0 Å². The molecule has 0 unspecified atom stereocenters. The van der Waals surface area contributed by atoms with Crippen LogP contribution in [0.3, 0.4) is 0 Å². The third kappa shape index (κ3) is 6.59. The summed E-state index contributed by atoms with van der Waals surface area (Å²) in [4.78, 5) is 17.5. The molecule has 1 aliphatic rings. The zero-order chi connectivity index (χ0) is 22.0. The molecule has 3 aromatic carbocycles. The highest BCUT2D eigenvalue weighted by atomic mass is 16.5. The van der Waals surface area contributed by atoms with Gasteiger partial charge in [0.1, 0.15) is 11.5 Å². The van der Waals surface area contributed by atoms with Crippen molar-refractivity contribution in [2.75, 3.05) is 31.5 Å². The molecule has 0 saturated carbocycles. The Balaban J connectivity index is 1.44. The molecule has 0 spiro atoms. The van der Waals surface area contributed by atoms with Crippen molar-refractivity contribution >= 4 is 11.7 Å². The predicted octanol–water partition coefficient (Wildman–Crippen LogP) is 6.00. The van der Waals surface area contributed by atoms with Gasteiger partial charge in [0.15, 0.2) is 0 Å². The number of para-hydroxylation sites is 2. The van der Waals surface area contributed by atoms with Crippen molar-refractivity contribution in [3.8, 4) is 11.5 Å². The average Bonchev–Trinajstić information content (AvgIpc) is 2.84. The first kappa shape index (κ1) is 21.9. The lowest BCUT2D eigenvalue weighted by Gasteiger charge is -2.30. The van der Waals surface area contributed by atoms with E-state index in [4.69, 9.17) is 4.74 Å². The van der Waals surface area contributed by atoms with Crippen molar-refractivity contribution < 1.29 is 9.53 Å². The predicted molar refractivity (Wildman–Crippen MR) is 129 cm³/mol. The minimum atomic E-state index is -0.0809. The second kappa shape index (κ2) is 11.3. The molecule has 0 radical (unpaired) electrons. The summed E-state index contributed by atoms with van der Waals surface area (Å²) in [5.41, 5.74) is 1.85. The van der Waals surface area contributed by atoms with E-state index < -0.39 is 0 Å². The van der Waals surface area contributed by atoms with Gasteiger partial charge in [-0.3, -0.25) is 0 Å². The molecule has 0 aliphatic carbocycles. The Kier molecular flexibility index (Phi) is 7.77. The quantitative estimate of drug-likeness (QED) is 0.478. The van der Waals surface area contributed by atoms with Gasteiger partial charge in [0.25, 0.3) is 0 Å². The number of nitrogens with one attached hydrogen (secondary N) is 1. The maximum atomic E-state index is 13.1. The number of likely N-dealkylation sites (tertiary alicyclic amines) is 1. The van der Waals surface area contributed by atoms with E-state index in [1.807, 2.05) is 89.8 Å². The van der Waals surface area contributed by atoms with Gasteiger partial charge in [-0.2, -0.15) is 0 Å². The Morgan fingerprint density at radius 2 is 1.53 bits per heavy atom. The summed E-state index contributed by atoms with van der Waals surface area (Å²) in [6.07, 6.45) is 3.80. The van der Waals surface area contributed by atoms with E-state index in [1.54, 1.807) is 0 Å². The van der Waals surface area contributed by atoms with Crippen LogP contribution in [0.1, 0.15) is 24.8 Å². The van der Waals surface area contributed by atoms with Gasteiger partial charge in [0.05, 0.1) is 0 Å². The number of urea groups is 1. The topological polar surface area (TPSA) is 44.8 Å². The van der Waals surface area contributed by atoms with E-state index in [2.05, 4.69) is 10.2 Å². The van der Waals surface area contributed by atoms with Gasteiger partial charge in [0, 0.05) is 25.3 Å². The lowest BCUT2D eigenvalue weighted by Crippen LogP contribution is -2.41. The van der Waals surface area contributed by atoms with Gasteiger partial charge in [-0.25, -0.2) is 4.79 Å². The van der Waals surface area contributed by atoms with Gasteiger partial charge in [0.2, 0.25) is 0 Å². The summed E-state index contributed by atoms with van der Waals surface area (Å²) in [6.45, 7) is 4.34. The number of carbonyl (C=O) groups excluding carboxylic acids is 1. The van der Waals surface area contributed by atoms with Crippen LogP contribution < -0.4 is 10.1 Å². The number of hydrogen-bond donors (Lipinski definition) is 1. The minimum Gasteiger partial charge on any atom is -0.457 e. The summed E-state index contributed by atoms with van der Waals surface area (Å²) < 4.78 is 5.98. The normalized spacial score (nSPS) is 14.0. The molecular weight excluding hydrogens is 398 g/mol. The van der Waals surface area contributed by atoms with E-state index in [-0.39, 0.29) is 6.03 Å². The van der Waals surface area contributed by atoms with E-state index in [9.17, 15) is 4.79 Å². The lowest BCUT2D eigenvalue weighted by molar-refractivity contribution is 0.178. The number of benzene rings is 3. The standard InChI is InChI=1S/C27H31N3O2/c31-27(28-24-12-4-1-5-13-24)30(20-19-29-17-8-3-9-18-29)22-23-11-10-16-26(21-23)32-25-14-6-2-7-15-25/h1-2,4-7,10-16,21H,3,8-9,17-20,22H2,(H,28,31). The SMILES string of the molecule is O=C(Nc1ccccc1)N(CCN1CCCCC1)Cc1cccc(Oc2ccccc2)c1.